The third kappa shape index (κ3) is 4.94. The Morgan fingerprint density at radius 3 is 2.80 bits per heavy atom. The SMILES string of the molecule is C=CC(=O)N1CCn2nc(-c3nc(-c4ccc5c(c4)CNC5=O)c4ccsc4c3-c3c(F)cc(F)cc3OCC(C)O)cc2C1C. The van der Waals surface area contributed by atoms with E-state index in [9.17, 15) is 19.1 Å². The Labute approximate surface area is 266 Å². The summed E-state index contributed by atoms with van der Waals surface area (Å²) in [5.74, 6) is -2.08. The normalized spacial score (nSPS) is 16.2. The van der Waals surface area contributed by atoms with Crippen LogP contribution in [0, 0.1) is 11.6 Å². The van der Waals surface area contributed by atoms with Gasteiger partial charge in [0.1, 0.15) is 35.4 Å². The number of hydrogen-bond acceptors (Lipinski definition) is 7. The number of nitrogens with one attached hydrogen (secondary N) is 1. The highest BCUT2D eigenvalue weighted by Gasteiger charge is 2.32. The lowest BCUT2D eigenvalue weighted by molar-refractivity contribution is -0.129. The van der Waals surface area contributed by atoms with Crippen molar-refractivity contribution in [1.29, 1.82) is 0 Å². The molecule has 0 fully saturated rings. The molecule has 5 heterocycles. The third-order valence-electron chi connectivity index (χ3n) is 8.38. The van der Waals surface area contributed by atoms with Crippen LogP contribution in [0.4, 0.5) is 8.78 Å². The Balaban J connectivity index is 1.50. The fourth-order valence-corrected chi connectivity index (χ4v) is 7.14. The van der Waals surface area contributed by atoms with Crippen molar-refractivity contribution >= 4 is 33.2 Å². The van der Waals surface area contributed by atoms with E-state index in [4.69, 9.17) is 14.8 Å². The molecule has 0 saturated heterocycles. The zero-order chi connectivity index (χ0) is 32.3. The van der Waals surface area contributed by atoms with Gasteiger partial charge in [0.15, 0.2) is 0 Å². The molecule has 0 aliphatic carbocycles. The zero-order valence-electron chi connectivity index (χ0n) is 25.0. The van der Waals surface area contributed by atoms with Crippen LogP contribution < -0.4 is 10.1 Å². The second kappa shape index (κ2) is 11.5. The van der Waals surface area contributed by atoms with Crippen LogP contribution in [-0.2, 0) is 17.9 Å². The summed E-state index contributed by atoms with van der Waals surface area (Å²) in [6.07, 6.45) is 0.399. The average Bonchev–Trinajstić information content (AvgIpc) is 3.78. The first kappa shape index (κ1) is 29.8. The van der Waals surface area contributed by atoms with Gasteiger partial charge in [0, 0.05) is 52.0 Å². The number of rotatable bonds is 7. The molecule has 234 valence electrons. The standard InChI is InChI=1S/C34H29F2N5O4S/c1-4-28(43)40-8-9-41-26(18(40)3)14-25(39-41)32-30(29-24(36)12-21(35)13-27(29)45-16-17(2)42)33-23(7-10-46-33)31(38-32)19-5-6-22-20(11-19)15-37-34(22)44/h4-7,10-14,17-18,42H,1,8-9,15-16H2,2-3H3,(H,37,44). The molecule has 3 aromatic heterocycles. The van der Waals surface area contributed by atoms with Crippen molar-refractivity contribution < 1.29 is 28.2 Å². The summed E-state index contributed by atoms with van der Waals surface area (Å²) in [7, 11) is 0. The molecule has 2 atom stereocenters. The molecule has 0 bridgehead atoms. The molecule has 9 nitrogen and oxygen atoms in total. The Morgan fingerprint density at radius 1 is 1.20 bits per heavy atom. The Kier molecular flexibility index (Phi) is 7.41. The quantitative estimate of drug-likeness (QED) is 0.216. The first-order valence-electron chi connectivity index (χ1n) is 14.8. The maximum atomic E-state index is 16.0. The molecule has 12 heteroatoms. The summed E-state index contributed by atoms with van der Waals surface area (Å²) in [4.78, 5) is 31.7. The van der Waals surface area contributed by atoms with Gasteiger partial charge in [-0.15, -0.1) is 11.3 Å². The fourth-order valence-electron chi connectivity index (χ4n) is 6.19. The van der Waals surface area contributed by atoms with Crippen molar-refractivity contribution in [3.05, 3.63) is 89.0 Å². The smallest absolute Gasteiger partial charge is 0.251 e. The maximum absolute atomic E-state index is 16.0. The van der Waals surface area contributed by atoms with Gasteiger partial charge in [-0.3, -0.25) is 14.3 Å². The van der Waals surface area contributed by atoms with Crippen LogP contribution in [0.25, 0.3) is 43.9 Å². The number of carbonyl (C=O) groups is 2. The van der Waals surface area contributed by atoms with Gasteiger partial charge in [-0.1, -0.05) is 12.6 Å². The van der Waals surface area contributed by atoms with Gasteiger partial charge in [-0.2, -0.15) is 5.10 Å². The lowest BCUT2D eigenvalue weighted by Crippen LogP contribution is -2.40. The molecule has 2 aliphatic rings. The van der Waals surface area contributed by atoms with Crippen LogP contribution in [0.1, 0.15) is 41.5 Å². The second-order valence-corrected chi connectivity index (χ2v) is 12.3. The van der Waals surface area contributed by atoms with E-state index in [2.05, 4.69) is 11.9 Å². The van der Waals surface area contributed by atoms with E-state index in [0.29, 0.717) is 52.5 Å². The van der Waals surface area contributed by atoms with E-state index in [-0.39, 0.29) is 35.8 Å². The minimum absolute atomic E-state index is 0.00483. The number of carbonyl (C=O) groups excluding carboxylic acids is 2. The Morgan fingerprint density at radius 2 is 2.02 bits per heavy atom. The molecule has 5 aromatic rings. The summed E-state index contributed by atoms with van der Waals surface area (Å²) in [6.45, 7) is 8.13. The average molecular weight is 642 g/mol. The summed E-state index contributed by atoms with van der Waals surface area (Å²) >= 11 is 1.37. The number of thiophene rings is 1. The van der Waals surface area contributed by atoms with Crippen molar-refractivity contribution in [2.75, 3.05) is 13.2 Å². The number of aliphatic hydroxyl groups is 1. The molecule has 0 radical (unpaired) electrons. The van der Waals surface area contributed by atoms with E-state index < -0.39 is 17.7 Å². The Hall–Kier alpha value is -4.94. The van der Waals surface area contributed by atoms with Crippen LogP contribution in [0.3, 0.4) is 0 Å². The van der Waals surface area contributed by atoms with Gasteiger partial charge >= 0.3 is 0 Å². The van der Waals surface area contributed by atoms with Crippen LogP contribution in [-0.4, -0.2) is 55.8 Å². The van der Waals surface area contributed by atoms with E-state index in [1.54, 1.807) is 11.0 Å². The van der Waals surface area contributed by atoms with Gasteiger partial charge in [-0.05, 0) is 55.1 Å². The van der Waals surface area contributed by atoms with E-state index >= 15 is 4.39 Å². The van der Waals surface area contributed by atoms with Crippen LogP contribution in [0.2, 0.25) is 0 Å². The van der Waals surface area contributed by atoms with Crippen LogP contribution >= 0.6 is 11.3 Å². The lowest BCUT2D eigenvalue weighted by Gasteiger charge is -2.33. The van der Waals surface area contributed by atoms with Crippen molar-refractivity contribution in [2.45, 2.75) is 39.1 Å². The summed E-state index contributed by atoms with van der Waals surface area (Å²) in [5.41, 5.74) is 4.71. The molecule has 0 spiro atoms. The number of nitrogens with zero attached hydrogens (tertiary/aromatic N) is 4. The summed E-state index contributed by atoms with van der Waals surface area (Å²) in [5, 5.41) is 20.3. The Bertz CT molecular complexity index is 2070. The second-order valence-electron chi connectivity index (χ2n) is 11.4. The van der Waals surface area contributed by atoms with Crippen LogP contribution in [0.15, 0.2) is 60.5 Å². The number of fused-ring (bicyclic) bond motifs is 3. The molecular formula is C34H29F2N5O4S. The molecule has 2 amide bonds. The molecule has 2 unspecified atom stereocenters. The number of aromatic nitrogens is 3. The van der Waals surface area contributed by atoms with Crippen molar-refractivity contribution in [3.63, 3.8) is 0 Å². The largest absolute Gasteiger partial charge is 0.490 e. The fraction of sp³-hybridized carbons (Fsp3) is 0.235. The number of aliphatic hydroxyl groups excluding tert-OH is 1. The minimum Gasteiger partial charge on any atom is -0.490 e. The molecule has 2 aliphatic heterocycles. The topological polar surface area (TPSA) is 110 Å². The molecular weight excluding hydrogens is 612 g/mol. The number of benzene rings is 2. The molecule has 46 heavy (non-hydrogen) atoms. The summed E-state index contributed by atoms with van der Waals surface area (Å²) in [6, 6.07) is 10.8. The maximum Gasteiger partial charge on any atom is 0.251 e. The highest BCUT2D eigenvalue weighted by Crippen LogP contribution is 2.47. The van der Waals surface area contributed by atoms with Crippen LogP contribution in [0.5, 0.6) is 5.75 Å². The molecule has 7 rings (SSSR count). The zero-order valence-corrected chi connectivity index (χ0v) is 25.8. The van der Waals surface area contributed by atoms with E-state index in [1.165, 1.54) is 24.3 Å². The van der Waals surface area contributed by atoms with Gasteiger partial charge in [-0.25, -0.2) is 13.8 Å². The number of hydrogen-bond donors (Lipinski definition) is 2. The van der Waals surface area contributed by atoms with Gasteiger partial charge in [0.2, 0.25) is 5.91 Å². The van der Waals surface area contributed by atoms with Gasteiger partial charge in [0.05, 0.1) is 35.6 Å². The number of ether oxygens (including phenoxy) is 1. The predicted molar refractivity (Wildman–Crippen MR) is 170 cm³/mol. The summed E-state index contributed by atoms with van der Waals surface area (Å²) < 4.78 is 38.9. The van der Waals surface area contributed by atoms with E-state index in [0.717, 1.165) is 34.3 Å². The lowest BCUT2D eigenvalue weighted by atomic mass is 9.95. The van der Waals surface area contributed by atoms with Crippen molar-refractivity contribution in [2.24, 2.45) is 0 Å². The highest BCUT2D eigenvalue weighted by atomic mass is 32.1. The van der Waals surface area contributed by atoms with Crippen molar-refractivity contribution in [1.82, 2.24) is 25.0 Å². The van der Waals surface area contributed by atoms with E-state index in [1.807, 2.05) is 41.3 Å². The van der Waals surface area contributed by atoms with Gasteiger partial charge < -0.3 is 20.1 Å². The first-order chi connectivity index (χ1) is 22.1. The first-order valence-corrected chi connectivity index (χ1v) is 15.7. The highest BCUT2D eigenvalue weighted by molar-refractivity contribution is 7.18. The molecule has 2 N–H and O–H groups in total. The minimum atomic E-state index is -0.885. The number of amides is 2. The monoisotopic (exact) mass is 641 g/mol. The predicted octanol–water partition coefficient (Wildman–Crippen LogP) is 5.86. The van der Waals surface area contributed by atoms with Gasteiger partial charge in [0.25, 0.3) is 5.91 Å². The number of pyridine rings is 1. The molecule has 2 aromatic carbocycles. The number of halogens is 2. The van der Waals surface area contributed by atoms with Crippen molar-refractivity contribution in [3.8, 4) is 39.5 Å². The third-order valence-corrected chi connectivity index (χ3v) is 9.31. The molecule has 0 saturated carbocycles.